The highest BCUT2D eigenvalue weighted by Crippen LogP contribution is 2.18. The number of hydrogen-bond acceptors (Lipinski definition) is 2. The lowest BCUT2D eigenvalue weighted by Crippen LogP contribution is -3.18. The number of anilines is 1. The molecule has 0 radical (unpaired) electrons. The van der Waals surface area contributed by atoms with Gasteiger partial charge in [0.25, 0.3) is 5.91 Å². The number of carbonyl (C=O) groups excluding carboxylic acids is 2. The van der Waals surface area contributed by atoms with Crippen molar-refractivity contribution in [3.8, 4) is 0 Å². The fourth-order valence-corrected chi connectivity index (χ4v) is 3.44. The highest BCUT2D eigenvalue weighted by Gasteiger charge is 2.33. The molecule has 1 aliphatic rings. The summed E-state index contributed by atoms with van der Waals surface area (Å²) in [6.45, 7) is 3.45. The van der Waals surface area contributed by atoms with E-state index in [0.717, 1.165) is 40.7 Å². The SMILES string of the molecule is C[C@H](C(=O)Nc1ccc2ccccc2c1)[NH+]1CCC[C@H](C(N)=O)C1. The standard InChI is InChI=1S/C19H23N3O2/c1-13(22-10-4-7-16(12-22)18(20)23)19(24)21-17-9-8-14-5-2-3-6-15(14)11-17/h2-3,5-6,8-9,11,13,16H,4,7,10,12H2,1H3,(H2,20,23)(H,21,24)/p+1/t13-,16+/m1/s1. The summed E-state index contributed by atoms with van der Waals surface area (Å²) in [6.07, 6.45) is 1.76. The van der Waals surface area contributed by atoms with Crippen molar-refractivity contribution in [1.82, 2.24) is 0 Å². The average molecular weight is 326 g/mol. The Morgan fingerprint density at radius 3 is 2.71 bits per heavy atom. The van der Waals surface area contributed by atoms with Crippen LogP contribution in [0.3, 0.4) is 0 Å². The van der Waals surface area contributed by atoms with Gasteiger partial charge in [-0.3, -0.25) is 9.59 Å². The average Bonchev–Trinajstić information content (AvgIpc) is 2.61. The molecule has 0 bridgehead atoms. The van der Waals surface area contributed by atoms with Gasteiger partial charge in [-0.25, -0.2) is 0 Å². The summed E-state index contributed by atoms with van der Waals surface area (Å²) < 4.78 is 0. The molecular weight excluding hydrogens is 302 g/mol. The van der Waals surface area contributed by atoms with E-state index in [-0.39, 0.29) is 23.8 Å². The Hall–Kier alpha value is -2.40. The van der Waals surface area contributed by atoms with Crippen molar-refractivity contribution in [3.63, 3.8) is 0 Å². The van der Waals surface area contributed by atoms with Crippen LogP contribution in [0.4, 0.5) is 5.69 Å². The predicted molar refractivity (Wildman–Crippen MR) is 94.7 cm³/mol. The van der Waals surface area contributed by atoms with Crippen LogP contribution in [0.1, 0.15) is 19.8 Å². The quantitative estimate of drug-likeness (QED) is 0.782. The number of amides is 2. The third-order valence-electron chi connectivity index (χ3n) is 4.98. The molecule has 2 amide bonds. The summed E-state index contributed by atoms with van der Waals surface area (Å²) in [7, 11) is 0. The molecule has 1 heterocycles. The second-order valence-corrected chi connectivity index (χ2v) is 6.63. The van der Waals surface area contributed by atoms with Crippen LogP contribution in [0.2, 0.25) is 0 Å². The first-order valence-electron chi connectivity index (χ1n) is 8.48. The molecule has 1 unspecified atom stereocenters. The third kappa shape index (κ3) is 3.57. The Bertz CT molecular complexity index is 759. The fraction of sp³-hybridized carbons (Fsp3) is 0.368. The monoisotopic (exact) mass is 326 g/mol. The molecule has 1 saturated heterocycles. The minimum atomic E-state index is -0.255. The molecule has 2 aromatic carbocycles. The Morgan fingerprint density at radius 2 is 1.96 bits per heavy atom. The maximum absolute atomic E-state index is 12.6. The van der Waals surface area contributed by atoms with Gasteiger partial charge in [-0.1, -0.05) is 30.3 Å². The molecule has 2 aromatic rings. The number of likely N-dealkylation sites (tertiary alicyclic amines) is 1. The summed E-state index contributed by atoms with van der Waals surface area (Å²) >= 11 is 0. The Labute approximate surface area is 141 Å². The van der Waals surface area contributed by atoms with E-state index in [1.165, 1.54) is 0 Å². The van der Waals surface area contributed by atoms with Crippen molar-refractivity contribution in [1.29, 1.82) is 0 Å². The van der Waals surface area contributed by atoms with Crippen molar-refractivity contribution in [3.05, 3.63) is 42.5 Å². The minimum absolute atomic E-state index is 0.0228. The lowest BCUT2D eigenvalue weighted by atomic mass is 9.96. The zero-order valence-corrected chi connectivity index (χ0v) is 13.9. The molecule has 0 saturated carbocycles. The van der Waals surface area contributed by atoms with Gasteiger partial charge in [0.2, 0.25) is 5.91 Å². The molecule has 0 aliphatic carbocycles. The van der Waals surface area contributed by atoms with E-state index in [9.17, 15) is 9.59 Å². The van der Waals surface area contributed by atoms with Crippen LogP contribution in [0.15, 0.2) is 42.5 Å². The molecule has 4 N–H and O–H groups in total. The van der Waals surface area contributed by atoms with Crippen LogP contribution < -0.4 is 16.0 Å². The Kier molecular flexibility index (Phi) is 4.81. The van der Waals surface area contributed by atoms with E-state index in [2.05, 4.69) is 5.32 Å². The smallest absolute Gasteiger partial charge is 0.282 e. The number of primary amides is 1. The van der Waals surface area contributed by atoms with Gasteiger partial charge in [0, 0.05) is 5.69 Å². The number of hydrogen-bond donors (Lipinski definition) is 3. The molecule has 1 aliphatic heterocycles. The van der Waals surface area contributed by atoms with E-state index < -0.39 is 0 Å². The molecule has 1 fully saturated rings. The van der Waals surface area contributed by atoms with E-state index in [0.29, 0.717) is 6.54 Å². The summed E-state index contributed by atoms with van der Waals surface area (Å²) in [5.74, 6) is -0.399. The molecule has 3 atom stereocenters. The number of quaternary nitrogens is 1. The number of nitrogens with one attached hydrogen (secondary N) is 2. The lowest BCUT2D eigenvalue weighted by Gasteiger charge is -2.31. The van der Waals surface area contributed by atoms with Gasteiger partial charge in [0.05, 0.1) is 19.0 Å². The third-order valence-corrected chi connectivity index (χ3v) is 4.98. The van der Waals surface area contributed by atoms with E-state index in [1.54, 1.807) is 0 Å². The first kappa shape index (κ1) is 16.5. The van der Waals surface area contributed by atoms with Crippen molar-refractivity contribution in [2.75, 3.05) is 18.4 Å². The van der Waals surface area contributed by atoms with Crippen molar-refractivity contribution < 1.29 is 14.5 Å². The van der Waals surface area contributed by atoms with Gasteiger partial charge in [-0.2, -0.15) is 0 Å². The number of nitrogens with two attached hydrogens (primary N) is 1. The van der Waals surface area contributed by atoms with Crippen LogP contribution >= 0.6 is 0 Å². The van der Waals surface area contributed by atoms with E-state index in [4.69, 9.17) is 5.73 Å². The molecule has 5 heteroatoms. The van der Waals surface area contributed by atoms with Crippen molar-refractivity contribution in [2.45, 2.75) is 25.8 Å². The fourth-order valence-electron chi connectivity index (χ4n) is 3.44. The van der Waals surface area contributed by atoms with Gasteiger partial charge >= 0.3 is 0 Å². The number of benzene rings is 2. The molecule has 24 heavy (non-hydrogen) atoms. The van der Waals surface area contributed by atoms with Crippen LogP contribution in [0.5, 0.6) is 0 Å². The predicted octanol–water partition coefficient (Wildman–Crippen LogP) is 0.947. The van der Waals surface area contributed by atoms with Gasteiger partial charge in [0.1, 0.15) is 0 Å². The summed E-state index contributed by atoms with van der Waals surface area (Å²) in [6, 6.07) is 13.8. The number of rotatable bonds is 4. The first-order chi connectivity index (χ1) is 11.5. The molecule has 0 aromatic heterocycles. The van der Waals surface area contributed by atoms with Crippen LogP contribution in [-0.2, 0) is 9.59 Å². The Morgan fingerprint density at radius 1 is 1.21 bits per heavy atom. The number of fused-ring (bicyclic) bond motifs is 1. The van der Waals surface area contributed by atoms with E-state index in [1.807, 2.05) is 49.4 Å². The maximum Gasteiger partial charge on any atom is 0.282 e. The molecule has 3 rings (SSSR count). The molecule has 5 nitrogen and oxygen atoms in total. The zero-order valence-electron chi connectivity index (χ0n) is 13.9. The molecular formula is C19H24N3O2+. The topological polar surface area (TPSA) is 76.6 Å². The second-order valence-electron chi connectivity index (χ2n) is 6.63. The highest BCUT2D eigenvalue weighted by atomic mass is 16.2. The van der Waals surface area contributed by atoms with Crippen molar-refractivity contribution in [2.24, 2.45) is 11.7 Å². The Balaban J connectivity index is 1.67. The van der Waals surface area contributed by atoms with E-state index >= 15 is 0 Å². The van der Waals surface area contributed by atoms with Gasteiger partial charge < -0.3 is 16.0 Å². The number of carbonyl (C=O) groups is 2. The first-order valence-corrected chi connectivity index (χ1v) is 8.48. The van der Waals surface area contributed by atoms with Crippen LogP contribution in [0, 0.1) is 5.92 Å². The lowest BCUT2D eigenvalue weighted by molar-refractivity contribution is -0.921. The zero-order chi connectivity index (χ0) is 17.1. The van der Waals surface area contributed by atoms with Crippen LogP contribution in [-0.4, -0.2) is 30.9 Å². The largest absolute Gasteiger partial charge is 0.369 e. The second kappa shape index (κ2) is 7.01. The van der Waals surface area contributed by atoms with Crippen LogP contribution in [0.25, 0.3) is 10.8 Å². The van der Waals surface area contributed by atoms with Gasteiger partial charge in [0.15, 0.2) is 6.04 Å². The maximum atomic E-state index is 12.6. The normalized spacial score (nSPS) is 22.0. The number of piperidine rings is 1. The summed E-state index contributed by atoms with van der Waals surface area (Å²) in [4.78, 5) is 25.1. The van der Waals surface area contributed by atoms with Crippen molar-refractivity contribution >= 4 is 28.3 Å². The molecule has 126 valence electrons. The summed E-state index contributed by atoms with van der Waals surface area (Å²) in [5.41, 5.74) is 6.23. The van der Waals surface area contributed by atoms with Gasteiger partial charge in [-0.15, -0.1) is 0 Å². The minimum Gasteiger partial charge on any atom is -0.369 e. The van der Waals surface area contributed by atoms with Gasteiger partial charge in [-0.05, 0) is 42.7 Å². The molecule has 0 spiro atoms. The highest BCUT2D eigenvalue weighted by molar-refractivity contribution is 5.96. The summed E-state index contributed by atoms with van der Waals surface area (Å²) in [5, 5.41) is 5.25.